The second kappa shape index (κ2) is 72.9. The summed E-state index contributed by atoms with van der Waals surface area (Å²) in [6.07, 6.45) is -9.75. The summed E-state index contributed by atoms with van der Waals surface area (Å²) in [5.74, 6) is 0. The summed E-state index contributed by atoms with van der Waals surface area (Å²) in [6, 6.07) is 17.7. The fourth-order valence-electron chi connectivity index (χ4n) is 2.80. The Morgan fingerprint density at radius 3 is 0.436 bits per heavy atom. The SMILES string of the molecule is O.O.O.O.O.O.O.O.O.O.O.OC(O)c1ccc(C(O)O)cc1.OC(O)c1ccccc1C(O)O.OC(O)c1ccccc1C(O)O.[Gd].[Gd].[Gd].[Gd].[Gd].[Gd].[Gd].[Gd]. The number of aliphatic hydroxyl groups excluding tert-OH is 6. The molecule has 0 spiro atoms. The van der Waals surface area contributed by atoms with Gasteiger partial charge in [0.15, 0.2) is 37.7 Å². The quantitative estimate of drug-likeness (QED) is 0.102. The van der Waals surface area contributed by atoms with Gasteiger partial charge in [-0.3, -0.25) is 0 Å². The van der Waals surface area contributed by atoms with Crippen molar-refractivity contribution in [1.29, 1.82) is 0 Å². The molecule has 34 N–H and O–H groups in total. The molecule has 0 aliphatic heterocycles. The average molecular weight is 1970 g/mol. The Balaban J connectivity index is -0.0000000177. The van der Waals surface area contributed by atoms with E-state index in [9.17, 15) is 0 Å². The first kappa shape index (κ1) is 125. The number of hydrogen-bond donors (Lipinski definition) is 12. The molecule has 23 nitrogen and oxygen atoms in total. The molecule has 31 heteroatoms. The number of rotatable bonds is 6. The Kier molecular flexibility index (Phi) is 166. The molecule has 0 radical (unpaired) electrons. The third-order valence-corrected chi connectivity index (χ3v) is 4.64. The van der Waals surface area contributed by atoms with Gasteiger partial charge in [-0.15, -0.1) is 0 Å². The van der Waals surface area contributed by atoms with E-state index in [4.69, 9.17) is 61.3 Å². The van der Waals surface area contributed by atoms with E-state index >= 15 is 0 Å². The van der Waals surface area contributed by atoms with E-state index in [-0.39, 0.29) is 402 Å². The predicted octanol–water partition coefficient (Wildman–Crippen LogP) is -10.1. The van der Waals surface area contributed by atoms with Crippen molar-refractivity contribution < 1.29 is 441 Å². The van der Waals surface area contributed by atoms with Crippen molar-refractivity contribution in [1.82, 2.24) is 0 Å². The van der Waals surface area contributed by atoms with Crippen LogP contribution in [0.4, 0.5) is 0 Å². The van der Waals surface area contributed by atoms with Gasteiger partial charge in [-0.25, -0.2) is 0 Å². The molecule has 350 valence electrons. The van der Waals surface area contributed by atoms with Crippen molar-refractivity contribution in [3.8, 4) is 0 Å². The van der Waals surface area contributed by atoms with Crippen LogP contribution in [0.15, 0.2) is 72.8 Å². The fraction of sp³-hybridized carbons (Fsp3) is 0.250. The third kappa shape index (κ3) is 53.8. The van der Waals surface area contributed by atoms with E-state index in [2.05, 4.69) is 0 Å². The van der Waals surface area contributed by atoms with Gasteiger partial charge in [0.1, 0.15) is 0 Å². The molecule has 0 saturated carbocycles. The summed E-state index contributed by atoms with van der Waals surface area (Å²) >= 11 is 0. The van der Waals surface area contributed by atoms with Crippen LogP contribution in [0.3, 0.4) is 0 Å². The first-order chi connectivity index (χ1) is 16.9. The molecular weight excluding hydrogens is 1910 g/mol. The van der Waals surface area contributed by atoms with E-state index in [1.165, 1.54) is 48.5 Å². The van der Waals surface area contributed by atoms with Crippen molar-refractivity contribution in [2.75, 3.05) is 0 Å². The van der Waals surface area contributed by atoms with E-state index in [1.54, 1.807) is 24.3 Å². The Labute approximate surface area is 571 Å². The summed E-state index contributed by atoms with van der Waals surface area (Å²) in [5, 5.41) is 105. The molecule has 0 aliphatic rings. The monoisotopic (exact) mass is 1970 g/mol. The van der Waals surface area contributed by atoms with Crippen LogP contribution in [0.5, 0.6) is 0 Å². The molecular formula is C24H52Gd8O23. The molecule has 3 aromatic carbocycles. The summed E-state index contributed by atoms with van der Waals surface area (Å²) in [4.78, 5) is 0. The van der Waals surface area contributed by atoms with Crippen LogP contribution >= 0.6 is 0 Å². The van der Waals surface area contributed by atoms with Gasteiger partial charge in [-0.1, -0.05) is 72.8 Å². The number of benzene rings is 3. The summed E-state index contributed by atoms with van der Waals surface area (Å²) in [5.41, 5.74) is 1.05. The van der Waals surface area contributed by atoms with Crippen LogP contribution in [0.2, 0.25) is 0 Å². The van der Waals surface area contributed by atoms with Crippen molar-refractivity contribution in [3.05, 3.63) is 106 Å². The maximum absolute atomic E-state index is 8.79. The average Bonchev–Trinajstić information content (AvgIpc) is 2.84. The second-order valence-corrected chi connectivity index (χ2v) is 7.17. The van der Waals surface area contributed by atoms with Gasteiger partial charge in [0.25, 0.3) is 0 Å². The summed E-state index contributed by atoms with van der Waals surface area (Å²) < 4.78 is 0. The molecule has 0 aliphatic carbocycles. The maximum atomic E-state index is 8.79. The standard InChI is InChI=1S/3C8H10O4.8Gd.11H2O/c9-7(10)5-1-2-6(4-3-5)8(11)12;2*9-7(10)5-3-1-2-4-6(5)8(11)12;;;;;;;;;;;;;;;;;;;/h3*1-4,7-12H;;;;;;;;;11*1H2. The molecule has 0 amide bonds. The van der Waals surface area contributed by atoms with Gasteiger partial charge in [0.05, 0.1) is 0 Å². The van der Waals surface area contributed by atoms with Crippen LogP contribution in [-0.2, 0) is 0 Å². The molecule has 0 bridgehead atoms. The van der Waals surface area contributed by atoms with Crippen LogP contribution in [0.25, 0.3) is 0 Å². The molecule has 0 atom stereocenters. The third-order valence-electron chi connectivity index (χ3n) is 4.64. The van der Waals surface area contributed by atoms with E-state index in [0.29, 0.717) is 11.1 Å². The molecule has 0 saturated heterocycles. The van der Waals surface area contributed by atoms with Crippen LogP contribution in [0, 0.1) is 320 Å². The van der Waals surface area contributed by atoms with Gasteiger partial charge in [0.2, 0.25) is 0 Å². The number of hydrogen-bond acceptors (Lipinski definition) is 12. The summed E-state index contributed by atoms with van der Waals surface area (Å²) in [6.45, 7) is 0. The zero-order valence-electron chi connectivity index (χ0n) is 27.1. The largest absolute Gasteiger partial charge is 0.412 e. The minimum atomic E-state index is -1.68. The Morgan fingerprint density at radius 1 is 0.218 bits per heavy atom. The fourth-order valence-corrected chi connectivity index (χ4v) is 2.80. The zero-order chi connectivity index (χ0) is 27.4. The molecule has 0 heterocycles. The normalized spacial score (nSPS) is 7.31. The second-order valence-electron chi connectivity index (χ2n) is 7.17. The predicted molar refractivity (Wildman–Crippen MR) is 162 cm³/mol. The Hall–Kier alpha value is 7.34. The van der Waals surface area contributed by atoms with Gasteiger partial charge >= 0.3 is 0 Å². The van der Waals surface area contributed by atoms with E-state index in [0.717, 1.165) is 0 Å². The zero-order valence-corrected chi connectivity index (χ0v) is 45.2. The van der Waals surface area contributed by atoms with Gasteiger partial charge < -0.3 is 122 Å². The Bertz CT molecular complexity index is 928. The van der Waals surface area contributed by atoms with Crippen molar-refractivity contribution in [3.63, 3.8) is 0 Å². The van der Waals surface area contributed by atoms with Gasteiger partial charge in [-0.2, -0.15) is 0 Å². The molecule has 0 aromatic heterocycles. The van der Waals surface area contributed by atoms with E-state index in [1.807, 2.05) is 0 Å². The van der Waals surface area contributed by atoms with Gasteiger partial charge in [-0.05, 0) is 0 Å². The van der Waals surface area contributed by atoms with Crippen LogP contribution < -0.4 is 0 Å². The van der Waals surface area contributed by atoms with Crippen molar-refractivity contribution in [2.24, 2.45) is 0 Å². The topological polar surface area (TPSA) is 589 Å². The van der Waals surface area contributed by atoms with E-state index < -0.39 is 37.7 Å². The van der Waals surface area contributed by atoms with Crippen molar-refractivity contribution >= 4 is 0 Å². The minimum Gasteiger partial charge on any atom is -0.412 e. The number of aliphatic hydroxyl groups is 12. The maximum Gasteiger partial charge on any atom is 0.178 e. The van der Waals surface area contributed by atoms with Crippen LogP contribution in [0.1, 0.15) is 71.1 Å². The first-order valence-corrected chi connectivity index (χ1v) is 10.3. The first-order valence-electron chi connectivity index (χ1n) is 10.3. The van der Waals surface area contributed by atoms with Crippen LogP contribution in [-0.4, -0.2) is 122 Å². The molecule has 3 aromatic rings. The molecule has 3 rings (SSSR count). The summed E-state index contributed by atoms with van der Waals surface area (Å²) in [7, 11) is 0. The van der Waals surface area contributed by atoms with Gasteiger partial charge in [0, 0.05) is 353 Å². The van der Waals surface area contributed by atoms with Crippen molar-refractivity contribution in [2.45, 2.75) is 37.7 Å². The minimum absolute atomic E-state index is 0. The molecule has 0 fully saturated rings. The smallest absolute Gasteiger partial charge is 0.178 e. The molecule has 0 unspecified atom stereocenters. The Morgan fingerprint density at radius 2 is 0.345 bits per heavy atom. The molecule has 55 heavy (non-hydrogen) atoms.